The van der Waals surface area contributed by atoms with E-state index >= 15 is 0 Å². The van der Waals surface area contributed by atoms with Gasteiger partial charge in [0.05, 0.1) is 5.69 Å². The van der Waals surface area contributed by atoms with Crippen molar-refractivity contribution in [1.29, 1.82) is 0 Å². The molecule has 108 valence electrons. The summed E-state index contributed by atoms with van der Waals surface area (Å²) in [7, 11) is 0. The van der Waals surface area contributed by atoms with Gasteiger partial charge >= 0.3 is 0 Å². The molecule has 0 aromatic carbocycles. The molecule has 0 aliphatic carbocycles. The Kier molecular flexibility index (Phi) is 6.15. The predicted molar refractivity (Wildman–Crippen MR) is 95.3 cm³/mol. The Morgan fingerprint density at radius 3 is 2.24 bits per heavy atom. The van der Waals surface area contributed by atoms with Gasteiger partial charge in [0.25, 0.3) is 0 Å². The summed E-state index contributed by atoms with van der Waals surface area (Å²) in [6, 6.07) is 0. The summed E-state index contributed by atoms with van der Waals surface area (Å²) in [5, 5.41) is 0. The maximum Gasteiger partial charge on any atom is 0.144 e. The van der Waals surface area contributed by atoms with Crippen molar-refractivity contribution in [2.24, 2.45) is 4.99 Å². The molecule has 0 amide bonds. The minimum absolute atomic E-state index is 0.786. The van der Waals surface area contributed by atoms with E-state index in [-0.39, 0.29) is 0 Å². The second-order valence-corrected chi connectivity index (χ2v) is 4.32. The zero-order valence-electron chi connectivity index (χ0n) is 12.8. The Bertz CT molecular complexity index is 695. The lowest BCUT2D eigenvalue weighted by atomic mass is 10.0. The van der Waals surface area contributed by atoms with E-state index in [1.807, 2.05) is 41.9 Å². The second kappa shape index (κ2) is 7.85. The van der Waals surface area contributed by atoms with Gasteiger partial charge in [0.2, 0.25) is 0 Å². The lowest BCUT2D eigenvalue weighted by molar-refractivity contribution is 0.972. The zero-order chi connectivity index (χ0) is 15.8. The Morgan fingerprint density at radius 1 is 1.05 bits per heavy atom. The fraction of sp³-hybridized carbons (Fsp3) is 0.105. The highest BCUT2D eigenvalue weighted by molar-refractivity contribution is 5.71. The smallest absolute Gasteiger partial charge is 0.144 e. The van der Waals surface area contributed by atoms with E-state index in [2.05, 4.69) is 38.2 Å². The molecule has 0 N–H and O–H groups in total. The molecular formula is C19H22N2. The second-order valence-electron chi connectivity index (χ2n) is 4.32. The molecule has 2 nitrogen and oxygen atoms in total. The Balaban J connectivity index is 4.07. The van der Waals surface area contributed by atoms with Crippen molar-refractivity contribution in [3.05, 3.63) is 78.6 Å². The van der Waals surface area contributed by atoms with E-state index in [4.69, 9.17) is 0 Å². The van der Waals surface area contributed by atoms with Crippen LogP contribution in [0, 0.1) is 6.92 Å². The highest BCUT2D eigenvalue weighted by atomic mass is 15.0. The van der Waals surface area contributed by atoms with E-state index in [0.717, 1.165) is 27.9 Å². The van der Waals surface area contributed by atoms with Crippen molar-refractivity contribution >= 4 is 24.4 Å². The van der Waals surface area contributed by atoms with Gasteiger partial charge in [0.1, 0.15) is 5.49 Å². The van der Waals surface area contributed by atoms with Crippen molar-refractivity contribution in [1.82, 2.24) is 4.57 Å². The Morgan fingerprint density at radius 2 is 1.76 bits per heavy atom. The van der Waals surface area contributed by atoms with Gasteiger partial charge in [0, 0.05) is 23.5 Å². The van der Waals surface area contributed by atoms with Crippen LogP contribution in [0.3, 0.4) is 0 Å². The first-order chi connectivity index (χ1) is 10.2. The summed E-state index contributed by atoms with van der Waals surface area (Å²) in [6.45, 7) is 19.3. The SMILES string of the molecule is C=C/C=C\c1c(C)c(C=C)c(/C=C\C)n(C=C)c1=NC=C. The predicted octanol–water partition coefficient (Wildman–Crippen LogP) is 4.82. The third-order valence-electron chi connectivity index (χ3n) is 3.14. The van der Waals surface area contributed by atoms with Gasteiger partial charge in [-0.05, 0) is 25.5 Å². The lowest BCUT2D eigenvalue weighted by Gasteiger charge is -2.16. The summed E-state index contributed by atoms with van der Waals surface area (Å²) in [4.78, 5) is 4.41. The fourth-order valence-electron chi connectivity index (χ4n) is 2.23. The minimum atomic E-state index is 0.786. The number of allylic oxidation sites excluding steroid dienone is 3. The summed E-state index contributed by atoms with van der Waals surface area (Å²) in [6.07, 6.45) is 14.8. The molecule has 1 aromatic rings. The number of pyridine rings is 1. The highest BCUT2D eigenvalue weighted by Crippen LogP contribution is 2.20. The molecule has 1 aromatic heterocycles. The van der Waals surface area contributed by atoms with Crippen LogP contribution in [0.1, 0.15) is 29.3 Å². The van der Waals surface area contributed by atoms with Crippen molar-refractivity contribution in [2.45, 2.75) is 13.8 Å². The number of nitrogens with zero attached hydrogens (tertiary/aromatic N) is 2. The number of hydrogen-bond donors (Lipinski definition) is 0. The van der Waals surface area contributed by atoms with Crippen molar-refractivity contribution in [3.63, 3.8) is 0 Å². The fourth-order valence-corrected chi connectivity index (χ4v) is 2.23. The van der Waals surface area contributed by atoms with Crippen LogP contribution in [0.25, 0.3) is 24.4 Å². The van der Waals surface area contributed by atoms with E-state index in [1.54, 1.807) is 12.3 Å². The average molecular weight is 278 g/mol. The summed E-state index contributed by atoms with van der Waals surface area (Å²) in [5.74, 6) is 0. The topological polar surface area (TPSA) is 17.3 Å². The monoisotopic (exact) mass is 278 g/mol. The molecular weight excluding hydrogens is 256 g/mol. The largest absolute Gasteiger partial charge is 0.301 e. The van der Waals surface area contributed by atoms with E-state index in [0.29, 0.717) is 0 Å². The lowest BCUT2D eigenvalue weighted by Crippen LogP contribution is -2.24. The Hall–Kier alpha value is -2.61. The first-order valence-corrected chi connectivity index (χ1v) is 6.76. The summed E-state index contributed by atoms with van der Waals surface area (Å²) < 4.78 is 1.94. The highest BCUT2D eigenvalue weighted by Gasteiger charge is 2.11. The molecule has 0 saturated heterocycles. The van der Waals surface area contributed by atoms with Crippen molar-refractivity contribution in [3.8, 4) is 0 Å². The third kappa shape index (κ3) is 3.29. The standard InChI is InChI=1S/C19H22N2/c1-7-12-14-17-15(6)16(9-3)18(13-8-2)21(11-5)19(17)20-10-4/h7-14H,1,3-5H2,2,6H3/b13-8-,14-12-,20-19?. The molecule has 0 atom stereocenters. The van der Waals surface area contributed by atoms with Crippen LogP contribution in [0.5, 0.6) is 0 Å². The quantitative estimate of drug-likeness (QED) is 0.664. The molecule has 21 heavy (non-hydrogen) atoms. The summed E-state index contributed by atoms with van der Waals surface area (Å²) >= 11 is 0. The molecule has 0 saturated carbocycles. The average Bonchev–Trinajstić information content (AvgIpc) is 2.48. The number of hydrogen-bond acceptors (Lipinski definition) is 1. The number of aromatic nitrogens is 1. The summed E-state index contributed by atoms with van der Waals surface area (Å²) in [5.41, 5.74) is 4.94. The molecule has 1 rings (SSSR count). The first kappa shape index (κ1) is 16.4. The molecule has 0 fully saturated rings. The molecule has 0 spiro atoms. The van der Waals surface area contributed by atoms with E-state index in [9.17, 15) is 0 Å². The third-order valence-corrected chi connectivity index (χ3v) is 3.14. The van der Waals surface area contributed by atoms with E-state index < -0.39 is 0 Å². The van der Waals surface area contributed by atoms with Crippen LogP contribution in [0.15, 0.2) is 55.7 Å². The van der Waals surface area contributed by atoms with Gasteiger partial charge in [-0.2, -0.15) is 0 Å². The molecule has 0 radical (unpaired) electrons. The van der Waals surface area contributed by atoms with Crippen LogP contribution < -0.4 is 5.49 Å². The normalized spacial score (nSPS) is 12.0. The Labute approximate surface area is 127 Å². The van der Waals surface area contributed by atoms with E-state index in [1.165, 1.54) is 6.20 Å². The molecule has 0 bridgehead atoms. The van der Waals surface area contributed by atoms with Gasteiger partial charge < -0.3 is 4.57 Å². The molecule has 2 heteroatoms. The first-order valence-electron chi connectivity index (χ1n) is 6.76. The molecule has 0 aliphatic heterocycles. The van der Waals surface area contributed by atoms with Gasteiger partial charge in [0.15, 0.2) is 0 Å². The maximum absolute atomic E-state index is 4.41. The van der Waals surface area contributed by atoms with Crippen LogP contribution in [-0.4, -0.2) is 4.57 Å². The van der Waals surface area contributed by atoms with Gasteiger partial charge in [-0.3, -0.25) is 0 Å². The van der Waals surface area contributed by atoms with Crippen LogP contribution in [0.4, 0.5) is 0 Å². The van der Waals surface area contributed by atoms with Crippen LogP contribution in [-0.2, 0) is 0 Å². The van der Waals surface area contributed by atoms with Crippen molar-refractivity contribution < 1.29 is 0 Å². The molecule has 0 aliphatic rings. The zero-order valence-corrected chi connectivity index (χ0v) is 12.8. The van der Waals surface area contributed by atoms with Crippen molar-refractivity contribution in [2.75, 3.05) is 0 Å². The van der Waals surface area contributed by atoms with Crippen LogP contribution in [0.2, 0.25) is 0 Å². The maximum atomic E-state index is 4.41. The minimum Gasteiger partial charge on any atom is -0.301 e. The van der Waals surface area contributed by atoms with Gasteiger partial charge in [-0.1, -0.05) is 56.7 Å². The number of rotatable bonds is 6. The van der Waals surface area contributed by atoms with Crippen LogP contribution >= 0.6 is 0 Å². The van der Waals surface area contributed by atoms with Gasteiger partial charge in [-0.25, -0.2) is 4.99 Å². The molecule has 0 unspecified atom stereocenters. The molecule has 1 heterocycles. The van der Waals surface area contributed by atoms with Gasteiger partial charge in [-0.15, -0.1) is 0 Å².